The number of β-lactam (4-membered cyclic amide) rings is 1. The van der Waals surface area contributed by atoms with Gasteiger partial charge in [0.1, 0.15) is 34.8 Å². The number of aromatic hydroxyl groups is 2. The fourth-order valence-electron chi connectivity index (χ4n) is 7.71. The zero-order valence-corrected chi connectivity index (χ0v) is 31.8. The van der Waals surface area contributed by atoms with Crippen molar-refractivity contribution in [3.05, 3.63) is 45.1 Å². The quantitative estimate of drug-likeness (QED) is 0.0498. The van der Waals surface area contributed by atoms with E-state index < -0.39 is 87.4 Å². The molecule has 23 heteroatoms. The Bertz CT molecular complexity index is 2150. The normalized spacial score (nSPS) is 27.5. The van der Waals surface area contributed by atoms with E-state index >= 15 is 0 Å². The van der Waals surface area contributed by atoms with Crippen LogP contribution >= 0.6 is 34.7 Å². The lowest BCUT2D eigenvalue weighted by Gasteiger charge is -2.51. The van der Waals surface area contributed by atoms with Gasteiger partial charge in [-0.2, -0.15) is 5.26 Å². The summed E-state index contributed by atoms with van der Waals surface area (Å²) in [6, 6.07) is 3.47. The third-order valence-electron chi connectivity index (χ3n) is 10.2. The second-order valence-corrected chi connectivity index (χ2v) is 16.9. The number of rotatable bonds is 12. The minimum absolute atomic E-state index is 0.0113. The fourth-order valence-corrected chi connectivity index (χ4v) is 9.92. The Hall–Kier alpha value is -5.63. The lowest BCUT2D eigenvalue weighted by Crippen LogP contribution is -2.71. The number of anilines is 1. The van der Waals surface area contributed by atoms with Gasteiger partial charge in [-0.1, -0.05) is 16.8 Å². The van der Waals surface area contributed by atoms with Crippen LogP contribution in [0.2, 0.25) is 5.02 Å². The first-order valence-corrected chi connectivity index (χ1v) is 18.9. The summed E-state index contributed by atoms with van der Waals surface area (Å²) < 4.78 is 0.228. The summed E-state index contributed by atoms with van der Waals surface area (Å²) in [4.78, 5) is 87.4. The Morgan fingerprint density at radius 3 is 2.54 bits per heavy atom. The first kappa shape index (κ1) is 40.0. The van der Waals surface area contributed by atoms with E-state index in [1.54, 1.807) is 6.92 Å². The second kappa shape index (κ2) is 14.8. The SMILES string of the molecule is C[C@@H]1S[C@@H]2[C@H](NC(=O)/C(=N\O[C@@H](CC(=O)O)C(=O)O)c3csc(N)n3)C(=O)N2C(C(=O)O)=C1C[N+]1(C)C[C@H]2CN(C(=O)c3cc(O)c(O)c(Cl)c3)C[C@@]2(C#N)C1. The minimum Gasteiger partial charge on any atom is -0.504 e. The van der Waals surface area contributed by atoms with Gasteiger partial charge in [0.25, 0.3) is 17.7 Å². The van der Waals surface area contributed by atoms with E-state index in [1.807, 2.05) is 7.05 Å². The number of oxime groups is 1. The number of aliphatic carboxylic acids is 3. The highest BCUT2D eigenvalue weighted by Crippen LogP contribution is 2.49. The van der Waals surface area contributed by atoms with Crippen LogP contribution in [0.1, 0.15) is 29.4 Å². The number of hydrogen-bond donors (Lipinski definition) is 7. The van der Waals surface area contributed by atoms with Crippen LogP contribution in [0.3, 0.4) is 0 Å². The number of likely N-dealkylation sites (tertiary alicyclic amines) is 2. The Morgan fingerprint density at radius 2 is 1.96 bits per heavy atom. The van der Waals surface area contributed by atoms with Gasteiger partial charge in [0.05, 0.1) is 43.6 Å². The predicted octanol–water partition coefficient (Wildman–Crippen LogP) is 0.308. The van der Waals surface area contributed by atoms with Crippen LogP contribution in [0.15, 0.2) is 33.9 Å². The topological polar surface area (TPSA) is 306 Å². The summed E-state index contributed by atoms with van der Waals surface area (Å²) in [6.07, 6.45) is -2.95. The number of nitriles is 1. The van der Waals surface area contributed by atoms with Crippen molar-refractivity contribution >= 4 is 81.2 Å². The van der Waals surface area contributed by atoms with Gasteiger partial charge in [0.2, 0.25) is 6.10 Å². The van der Waals surface area contributed by atoms with Gasteiger partial charge in [-0.05, 0) is 19.1 Å². The van der Waals surface area contributed by atoms with Gasteiger partial charge < -0.3 is 50.8 Å². The van der Waals surface area contributed by atoms with Crippen LogP contribution in [0.25, 0.3) is 0 Å². The number of carbonyl (C=O) groups is 6. The summed E-state index contributed by atoms with van der Waals surface area (Å²) in [5, 5.41) is 64.9. The number of halogens is 1. The molecule has 8 N–H and O–H groups in total. The number of nitrogens with zero attached hydrogens (tertiary/aromatic N) is 6. The summed E-state index contributed by atoms with van der Waals surface area (Å²) in [5.41, 5.74) is 4.17. The van der Waals surface area contributed by atoms with Crippen molar-refractivity contribution in [2.75, 3.05) is 45.5 Å². The zero-order chi connectivity index (χ0) is 41.0. The zero-order valence-electron chi connectivity index (χ0n) is 29.4. The number of fused-ring (bicyclic) bond motifs is 2. The molecule has 56 heavy (non-hydrogen) atoms. The van der Waals surface area contributed by atoms with Gasteiger partial charge in [-0.25, -0.2) is 14.6 Å². The molecule has 0 aliphatic carbocycles. The van der Waals surface area contributed by atoms with Crippen LogP contribution in [-0.2, 0) is 28.8 Å². The van der Waals surface area contributed by atoms with Crippen LogP contribution in [0, 0.1) is 22.7 Å². The number of quaternary nitrogens is 1. The highest BCUT2D eigenvalue weighted by molar-refractivity contribution is 8.00. The number of nitrogens with two attached hydrogens (primary N) is 1. The lowest BCUT2D eigenvalue weighted by atomic mass is 9.83. The molecule has 0 radical (unpaired) electrons. The maximum absolute atomic E-state index is 13.6. The summed E-state index contributed by atoms with van der Waals surface area (Å²) in [5.74, 6) is -8.26. The number of nitrogen functional groups attached to an aromatic ring is 1. The number of nitrogens with one attached hydrogen (secondary N) is 1. The molecule has 3 amide bonds. The molecule has 1 aromatic heterocycles. The fraction of sp³-hybridized carbons (Fsp3) is 0.424. The maximum atomic E-state index is 13.6. The monoisotopic (exact) mass is 833 g/mol. The number of phenols is 2. The molecular formula is C33H34ClN8O12S2+. The van der Waals surface area contributed by atoms with Gasteiger partial charge in [0.15, 0.2) is 22.3 Å². The van der Waals surface area contributed by atoms with E-state index in [0.29, 0.717) is 12.1 Å². The average molecular weight is 834 g/mol. The molecule has 2 aromatic rings. The van der Waals surface area contributed by atoms with Crippen molar-refractivity contribution in [3.8, 4) is 17.6 Å². The van der Waals surface area contributed by atoms with Crippen molar-refractivity contribution in [3.63, 3.8) is 0 Å². The molecule has 0 saturated carbocycles. The number of carbonyl (C=O) groups excluding carboxylic acids is 3. The van der Waals surface area contributed by atoms with Crippen molar-refractivity contribution in [1.82, 2.24) is 20.1 Å². The maximum Gasteiger partial charge on any atom is 0.352 e. The Balaban J connectivity index is 1.19. The molecule has 7 atom stereocenters. The van der Waals surface area contributed by atoms with E-state index in [9.17, 15) is 54.5 Å². The molecule has 3 fully saturated rings. The van der Waals surface area contributed by atoms with Gasteiger partial charge >= 0.3 is 17.9 Å². The molecule has 4 aliphatic rings. The third kappa shape index (κ3) is 7.25. The minimum atomic E-state index is -1.96. The highest BCUT2D eigenvalue weighted by atomic mass is 35.5. The number of amides is 3. The van der Waals surface area contributed by atoms with E-state index in [1.165, 1.54) is 28.1 Å². The Labute approximate surface area is 329 Å². The summed E-state index contributed by atoms with van der Waals surface area (Å²) >= 11 is 8.10. The van der Waals surface area contributed by atoms with Crippen LogP contribution < -0.4 is 11.1 Å². The number of carboxylic acid groups (broad SMARTS) is 3. The molecule has 3 saturated heterocycles. The highest BCUT2D eigenvalue weighted by Gasteiger charge is 2.62. The first-order chi connectivity index (χ1) is 26.3. The molecule has 1 unspecified atom stereocenters. The van der Waals surface area contributed by atoms with E-state index in [-0.39, 0.29) is 63.7 Å². The van der Waals surface area contributed by atoms with Gasteiger partial charge in [-0.15, -0.1) is 23.1 Å². The largest absolute Gasteiger partial charge is 0.504 e. The average Bonchev–Trinajstić information content (AvgIpc) is 3.79. The Morgan fingerprint density at radius 1 is 1.25 bits per heavy atom. The molecule has 5 heterocycles. The molecule has 1 aromatic carbocycles. The smallest absolute Gasteiger partial charge is 0.352 e. The standard InChI is InChI=1S/C33H33ClN8O12S2/c1-13-16(8-42(2)7-15-6-40(11-33(15,10-35)12-42)27(48)14-3-17(34)25(46)19(43)4-14)24(31(52)53)41-28(49)23(29(41)56-13)38-26(47)22(18-9-55-32(36)37-18)39-54-20(30(50)51)5-21(44)45/h3-4,9,13,15,20,23,29H,5-8,11-12H2,1-2H3,(H7-,36,37,38,39,43,44,45,46,47,48,50,51,52,53)/p+1/t13-,15+,20-,23+,29+,33-,42?/m0/s1. The van der Waals surface area contributed by atoms with Crippen LogP contribution in [0.4, 0.5) is 5.13 Å². The molecule has 0 bridgehead atoms. The summed E-state index contributed by atoms with van der Waals surface area (Å²) in [7, 11) is 1.87. The van der Waals surface area contributed by atoms with Crippen molar-refractivity contribution in [1.29, 1.82) is 5.26 Å². The molecule has 6 rings (SSSR count). The van der Waals surface area contributed by atoms with E-state index in [4.69, 9.17) is 27.3 Å². The van der Waals surface area contributed by atoms with Crippen LogP contribution in [-0.4, -0.2) is 149 Å². The van der Waals surface area contributed by atoms with Gasteiger partial charge in [-0.3, -0.25) is 24.1 Å². The number of thioether (sulfide) groups is 1. The van der Waals surface area contributed by atoms with E-state index in [0.717, 1.165) is 22.3 Å². The van der Waals surface area contributed by atoms with Crippen molar-refractivity contribution < 1.29 is 63.6 Å². The molecule has 0 spiro atoms. The van der Waals surface area contributed by atoms with E-state index in [2.05, 4.69) is 21.5 Å². The molecule has 296 valence electrons. The number of aromatic nitrogens is 1. The molecule has 20 nitrogen and oxygen atoms in total. The second-order valence-electron chi connectivity index (χ2n) is 14.1. The molecular weight excluding hydrogens is 800 g/mol. The van der Waals surface area contributed by atoms with Crippen molar-refractivity contribution in [2.45, 2.75) is 36.1 Å². The number of hydrogen-bond acceptors (Lipinski definition) is 15. The first-order valence-electron chi connectivity index (χ1n) is 16.7. The number of carboxylic acids is 3. The summed E-state index contributed by atoms with van der Waals surface area (Å²) in [6.45, 7) is 2.82. The number of thiazole rings is 1. The van der Waals surface area contributed by atoms with Gasteiger partial charge in [0, 0.05) is 34.9 Å². The molecule has 4 aliphatic heterocycles. The number of benzene rings is 1. The number of phenolic OH excluding ortho intramolecular Hbond substituents is 2. The predicted molar refractivity (Wildman–Crippen MR) is 195 cm³/mol. The Kier molecular flexibility index (Phi) is 10.6. The lowest BCUT2D eigenvalue weighted by molar-refractivity contribution is -0.897. The number of likely N-dealkylation sites (N-methyl/N-ethyl adjacent to an activating group) is 1. The third-order valence-corrected chi connectivity index (χ3v) is 12.6. The van der Waals surface area contributed by atoms with Crippen LogP contribution in [0.5, 0.6) is 11.5 Å². The van der Waals surface area contributed by atoms with Crippen molar-refractivity contribution in [2.24, 2.45) is 16.5 Å².